The summed E-state index contributed by atoms with van der Waals surface area (Å²) in [5.74, 6) is 2.24. The van der Waals surface area contributed by atoms with Crippen LogP contribution in [0, 0.1) is 5.41 Å². The van der Waals surface area contributed by atoms with Crippen LogP contribution in [0.15, 0.2) is 121 Å². The van der Waals surface area contributed by atoms with Crippen LogP contribution < -0.4 is 4.74 Å². The lowest BCUT2D eigenvalue weighted by Crippen LogP contribution is -2.36. The first-order valence-electron chi connectivity index (χ1n) is 17.3. The SMILES string of the molecule is CC12C=CC=CC1c1c(sc3ccccc13)C=C2c1nc(-n2c3c(c4ccccc42)C2(C)Oc4ccccc4C2CC3)nc2ccccc12. The maximum Gasteiger partial charge on any atom is 0.235 e. The molecule has 3 aromatic heterocycles. The van der Waals surface area contributed by atoms with Crippen molar-refractivity contribution in [2.24, 2.45) is 5.41 Å². The number of hydrogen-bond acceptors (Lipinski definition) is 4. The summed E-state index contributed by atoms with van der Waals surface area (Å²) in [5.41, 5.74) is 8.86. The Bertz CT molecular complexity index is 2660. The van der Waals surface area contributed by atoms with Crippen LogP contribution in [0.5, 0.6) is 5.75 Å². The molecule has 7 aromatic rings. The van der Waals surface area contributed by atoms with Crippen molar-refractivity contribution < 1.29 is 4.74 Å². The fraction of sp³-hybridized carbons (Fsp3) is 0.182. The molecule has 4 unspecified atom stereocenters. The van der Waals surface area contributed by atoms with E-state index in [9.17, 15) is 0 Å². The number of allylic oxidation sites excluding steroid dienone is 5. The molecule has 4 atom stereocenters. The van der Waals surface area contributed by atoms with E-state index in [0.717, 1.165) is 46.7 Å². The Kier molecular flexibility index (Phi) is 5.46. The normalized spacial score (nSPS) is 24.7. The van der Waals surface area contributed by atoms with Crippen LogP contribution in [-0.4, -0.2) is 14.5 Å². The Morgan fingerprint density at radius 2 is 1.59 bits per heavy atom. The highest BCUT2D eigenvalue weighted by Crippen LogP contribution is 2.59. The van der Waals surface area contributed by atoms with Crippen LogP contribution in [0.25, 0.3) is 49.5 Å². The summed E-state index contributed by atoms with van der Waals surface area (Å²) in [6.45, 7) is 4.68. The van der Waals surface area contributed by atoms with Crippen LogP contribution in [0.3, 0.4) is 0 Å². The molecule has 4 heterocycles. The second-order valence-electron chi connectivity index (χ2n) is 14.3. The number of thiophene rings is 1. The Morgan fingerprint density at radius 1 is 0.816 bits per heavy atom. The zero-order chi connectivity index (χ0) is 32.5. The molecule has 0 bridgehead atoms. The molecule has 0 fully saturated rings. The average molecular weight is 652 g/mol. The summed E-state index contributed by atoms with van der Waals surface area (Å²) in [5, 5.41) is 3.66. The van der Waals surface area contributed by atoms with E-state index in [1.165, 1.54) is 48.3 Å². The number of hydrogen-bond donors (Lipinski definition) is 0. The van der Waals surface area contributed by atoms with E-state index in [2.05, 4.69) is 146 Å². The van der Waals surface area contributed by atoms with Crippen LogP contribution in [0.2, 0.25) is 0 Å². The summed E-state index contributed by atoms with van der Waals surface area (Å²) < 4.78 is 10.6. The number of rotatable bonds is 2. The largest absolute Gasteiger partial charge is 0.482 e. The number of nitrogens with zero attached hydrogens (tertiary/aromatic N) is 3. The topological polar surface area (TPSA) is 39.9 Å². The van der Waals surface area contributed by atoms with E-state index in [4.69, 9.17) is 14.7 Å². The van der Waals surface area contributed by atoms with Gasteiger partial charge in [-0.15, -0.1) is 11.3 Å². The minimum atomic E-state index is -0.467. The van der Waals surface area contributed by atoms with Crippen molar-refractivity contribution in [1.29, 1.82) is 0 Å². The molecule has 1 aliphatic heterocycles. The van der Waals surface area contributed by atoms with Crippen LogP contribution in [-0.2, 0) is 12.0 Å². The van der Waals surface area contributed by atoms with Gasteiger partial charge in [0.05, 0.1) is 16.7 Å². The molecule has 0 saturated heterocycles. The van der Waals surface area contributed by atoms with Crippen LogP contribution in [0.4, 0.5) is 0 Å². The molecule has 11 rings (SSSR count). The average Bonchev–Trinajstić information content (AvgIpc) is 3.77. The highest BCUT2D eigenvalue weighted by Gasteiger charge is 2.51. The second kappa shape index (κ2) is 9.67. The fourth-order valence-electron chi connectivity index (χ4n) is 9.59. The van der Waals surface area contributed by atoms with E-state index in [0.29, 0.717) is 5.92 Å². The first-order valence-corrected chi connectivity index (χ1v) is 18.1. The van der Waals surface area contributed by atoms with E-state index in [1.807, 2.05) is 11.3 Å². The van der Waals surface area contributed by atoms with Crippen LogP contribution >= 0.6 is 11.3 Å². The highest BCUT2D eigenvalue weighted by molar-refractivity contribution is 7.20. The van der Waals surface area contributed by atoms with Crippen molar-refractivity contribution in [3.8, 4) is 11.7 Å². The zero-order valence-electron chi connectivity index (χ0n) is 27.4. The van der Waals surface area contributed by atoms with Gasteiger partial charge in [0.2, 0.25) is 5.95 Å². The summed E-state index contributed by atoms with van der Waals surface area (Å²) in [4.78, 5) is 12.3. The minimum absolute atomic E-state index is 0.207. The molecule has 0 spiro atoms. The summed E-state index contributed by atoms with van der Waals surface area (Å²) in [6.07, 6.45) is 13.6. The Hall–Kier alpha value is -5.26. The smallest absolute Gasteiger partial charge is 0.235 e. The molecule has 3 aliphatic carbocycles. The predicted octanol–water partition coefficient (Wildman–Crippen LogP) is 10.9. The van der Waals surface area contributed by atoms with E-state index in [-0.39, 0.29) is 11.3 Å². The molecular formula is C44H33N3OS. The maximum atomic E-state index is 6.93. The molecule has 4 aliphatic rings. The Labute approximate surface area is 288 Å². The Balaban J connectivity index is 1.18. The quantitative estimate of drug-likeness (QED) is 0.187. The number of fused-ring (bicyclic) bond motifs is 13. The molecule has 49 heavy (non-hydrogen) atoms. The first-order chi connectivity index (χ1) is 24.0. The van der Waals surface area contributed by atoms with Crippen molar-refractivity contribution >= 4 is 54.9 Å². The van der Waals surface area contributed by atoms with Gasteiger partial charge in [-0.2, -0.15) is 0 Å². The molecule has 0 radical (unpaired) electrons. The van der Waals surface area contributed by atoms with Gasteiger partial charge in [0.1, 0.15) is 11.4 Å². The van der Waals surface area contributed by atoms with Crippen molar-refractivity contribution in [1.82, 2.24) is 14.5 Å². The van der Waals surface area contributed by atoms with Gasteiger partial charge in [-0.05, 0) is 66.6 Å². The third-order valence-corrected chi connectivity index (χ3v) is 12.9. The summed E-state index contributed by atoms with van der Waals surface area (Å²) in [6, 6.07) is 34.7. The minimum Gasteiger partial charge on any atom is -0.482 e. The molecular weight excluding hydrogens is 619 g/mol. The van der Waals surface area contributed by atoms with Gasteiger partial charge in [0.25, 0.3) is 0 Å². The van der Waals surface area contributed by atoms with Gasteiger partial charge in [0.15, 0.2) is 0 Å². The molecule has 0 N–H and O–H groups in total. The number of aromatic nitrogens is 3. The predicted molar refractivity (Wildman–Crippen MR) is 201 cm³/mol. The standard InChI is InChI=1S/C44H33N3OS/c1-43-24-12-11-17-31(43)39-29-16-6-10-21-37(29)49-38(39)25-32(43)41-27-14-3-7-18-33(27)45-42(46-41)47-34-19-8-4-15-28(34)40-35(47)23-22-30-26-13-5-9-20-36(26)48-44(30,40)2/h3-21,24-25,30-31H,22-23H2,1-2H3. The molecule has 236 valence electrons. The van der Waals surface area contributed by atoms with Gasteiger partial charge in [-0.25, -0.2) is 9.97 Å². The third-order valence-electron chi connectivity index (χ3n) is 11.8. The van der Waals surface area contributed by atoms with E-state index in [1.54, 1.807) is 0 Å². The molecule has 0 amide bonds. The second-order valence-corrected chi connectivity index (χ2v) is 15.4. The number of ether oxygens (including phenoxy) is 1. The van der Waals surface area contributed by atoms with Gasteiger partial charge in [-0.1, -0.05) is 104 Å². The van der Waals surface area contributed by atoms with Gasteiger partial charge in [-0.3, -0.25) is 4.57 Å². The van der Waals surface area contributed by atoms with Gasteiger partial charge < -0.3 is 4.74 Å². The van der Waals surface area contributed by atoms with Gasteiger partial charge in [0, 0.05) is 54.4 Å². The summed E-state index contributed by atoms with van der Waals surface area (Å²) in [7, 11) is 0. The van der Waals surface area contributed by atoms with E-state index < -0.39 is 5.60 Å². The number of benzene rings is 4. The van der Waals surface area contributed by atoms with Crippen molar-refractivity contribution in [3.05, 3.63) is 154 Å². The maximum absolute atomic E-state index is 6.93. The molecule has 4 aromatic carbocycles. The fourth-order valence-corrected chi connectivity index (χ4v) is 10.8. The van der Waals surface area contributed by atoms with E-state index >= 15 is 0 Å². The van der Waals surface area contributed by atoms with Crippen molar-refractivity contribution in [2.45, 2.75) is 44.1 Å². The van der Waals surface area contributed by atoms with Crippen molar-refractivity contribution in [3.63, 3.8) is 0 Å². The molecule has 0 saturated carbocycles. The lowest BCUT2D eigenvalue weighted by molar-refractivity contribution is 0.0763. The third kappa shape index (κ3) is 3.58. The Morgan fingerprint density at radius 3 is 2.51 bits per heavy atom. The summed E-state index contributed by atoms with van der Waals surface area (Å²) >= 11 is 1.89. The molecule has 5 heteroatoms. The zero-order valence-corrected chi connectivity index (χ0v) is 28.2. The first kappa shape index (κ1) is 27.7. The number of para-hydroxylation sites is 3. The highest BCUT2D eigenvalue weighted by atomic mass is 32.1. The monoisotopic (exact) mass is 651 g/mol. The van der Waals surface area contributed by atoms with Crippen LogP contribution in [0.1, 0.15) is 65.1 Å². The lowest BCUT2D eigenvalue weighted by Gasteiger charge is -2.41. The lowest BCUT2D eigenvalue weighted by atomic mass is 9.62. The van der Waals surface area contributed by atoms with Gasteiger partial charge >= 0.3 is 0 Å². The van der Waals surface area contributed by atoms with Crippen molar-refractivity contribution in [2.75, 3.05) is 0 Å². The molecule has 4 nitrogen and oxygen atoms in total.